The summed E-state index contributed by atoms with van der Waals surface area (Å²) in [6.07, 6.45) is -2.04. The van der Waals surface area contributed by atoms with Crippen LogP contribution >= 0.6 is 0 Å². The average Bonchev–Trinajstić information content (AvgIpc) is 3.46. The Labute approximate surface area is 213 Å². The van der Waals surface area contributed by atoms with Crippen molar-refractivity contribution >= 4 is 11.6 Å². The Hall–Kier alpha value is -4.25. The van der Waals surface area contributed by atoms with Gasteiger partial charge in [0, 0.05) is 22.9 Å². The summed E-state index contributed by atoms with van der Waals surface area (Å²) in [6, 6.07) is 11.8. The van der Waals surface area contributed by atoms with Crippen LogP contribution in [0.25, 0.3) is 22.3 Å². The fraction of sp³-hybridized carbons (Fsp3) is 0.185. The fourth-order valence-electron chi connectivity index (χ4n) is 4.77. The van der Waals surface area contributed by atoms with Gasteiger partial charge < -0.3 is 5.11 Å². The number of alkyl halides is 3. The summed E-state index contributed by atoms with van der Waals surface area (Å²) in [5, 5.41) is 15.1. The number of carbonyl (C=O) groups excluding carboxylic acids is 1. The Kier molecular flexibility index (Phi) is 6.18. The highest BCUT2D eigenvalue weighted by Gasteiger charge is 2.61. The summed E-state index contributed by atoms with van der Waals surface area (Å²) in [7, 11) is 0. The smallest absolute Gasteiger partial charge is 0.372 e. The minimum absolute atomic E-state index is 0.0388. The van der Waals surface area contributed by atoms with Crippen LogP contribution in [0.3, 0.4) is 0 Å². The van der Waals surface area contributed by atoms with Crippen LogP contribution in [0.15, 0.2) is 73.1 Å². The maximum atomic E-state index is 14.7. The minimum atomic E-state index is -5.10. The zero-order valence-corrected chi connectivity index (χ0v) is 19.9. The zero-order chi connectivity index (χ0) is 27.2. The highest BCUT2D eigenvalue weighted by atomic mass is 19.4. The van der Waals surface area contributed by atoms with Gasteiger partial charge in [-0.2, -0.15) is 18.3 Å². The number of hydrogen-bond donors (Lipinski definition) is 3. The maximum absolute atomic E-state index is 14.7. The van der Waals surface area contributed by atoms with Crippen molar-refractivity contribution in [2.24, 2.45) is 0 Å². The van der Waals surface area contributed by atoms with E-state index in [1.165, 1.54) is 65.6 Å². The number of rotatable bonds is 6. The van der Waals surface area contributed by atoms with Crippen LogP contribution in [0.4, 0.5) is 27.6 Å². The molecule has 0 fully saturated rings. The molecule has 38 heavy (non-hydrogen) atoms. The minimum Gasteiger partial charge on any atom is -0.372 e. The van der Waals surface area contributed by atoms with Crippen molar-refractivity contribution in [2.45, 2.75) is 31.2 Å². The lowest BCUT2D eigenvalue weighted by Gasteiger charge is -2.28. The predicted molar refractivity (Wildman–Crippen MR) is 130 cm³/mol. The largest absolute Gasteiger partial charge is 0.425 e. The molecule has 0 saturated heterocycles. The molecule has 1 aromatic heterocycles. The molecule has 1 aliphatic carbocycles. The molecule has 3 aromatic carbocycles. The average molecular weight is 528 g/mol. The zero-order valence-electron chi connectivity index (χ0n) is 19.9. The van der Waals surface area contributed by atoms with Crippen LogP contribution in [0, 0.1) is 11.6 Å². The number of benzene rings is 3. The summed E-state index contributed by atoms with van der Waals surface area (Å²) in [5.41, 5.74) is 1.78. The molecule has 2 unspecified atom stereocenters. The molecule has 0 spiro atoms. The normalized spacial score (nSPS) is 17.0. The van der Waals surface area contributed by atoms with E-state index in [4.69, 9.17) is 0 Å². The summed E-state index contributed by atoms with van der Waals surface area (Å²) >= 11 is 0. The maximum Gasteiger partial charge on any atom is 0.425 e. The standard InChI is InChI=1S/C27H21F5N4O2/c1-2-23(25(37)35-34-18-9-7-16(28)8-10-18)36-14-15(13-33-36)20-11-17(29)12-22-24(20)19-5-3-4-6-21(19)26(22,38)27(30,31)32/h3-14,23,34,38H,2H2,1H3,(H,35,37). The molecule has 2 atom stereocenters. The Balaban J connectivity index is 1.51. The molecule has 196 valence electrons. The SMILES string of the molecule is CCC(C(=O)NNc1ccc(F)cc1)n1cc(-c2cc(F)cc3c2-c2ccccc2C3(O)C(F)(F)F)cn1. The van der Waals surface area contributed by atoms with E-state index in [1.54, 1.807) is 6.92 Å². The van der Waals surface area contributed by atoms with Gasteiger partial charge in [-0.05, 0) is 59.5 Å². The first-order chi connectivity index (χ1) is 18.0. The third kappa shape index (κ3) is 4.08. The van der Waals surface area contributed by atoms with Gasteiger partial charge in [0.1, 0.15) is 17.7 Å². The Morgan fingerprint density at radius 3 is 2.42 bits per heavy atom. The van der Waals surface area contributed by atoms with Crippen molar-refractivity contribution in [3.8, 4) is 22.3 Å². The number of halogens is 5. The van der Waals surface area contributed by atoms with E-state index in [1.807, 2.05) is 0 Å². The van der Waals surface area contributed by atoms with Crippen LogP contribution < -0.4 is 10.9 Å². The fourth-order valence-corrected chi connectivity index (χ4v) is 4.77. The topological polar surface area (TPSA) is 79.2 Å². The molecule has 0 aliphatic heterocycles. The van der Waals surface area contributed by atoms with E-state index in [0.29, 0.717) is 18.2 Å². The van der Waals surface area contributed by atoms with Gasteiger partial charge in [-0.1, -0.05) is 31.2 Å². The number of hydrogen-bond acceptors (Lipinski definition) is 4. The lowest BCUT2D eigenvalue weighted by molar-refractivity contribution is -0.246. The number of carbonyl (C=O) groups is 1. The van der Waals surface area contributed by atoms with Gasteiger partial charge in [-0.3, -0.25) is 20.3 Å². The van der Waals surface area contributed by atoms with E-state index < -0.39 is 40.9 Å². The predicted octanol–water partition coefficient (Wildman–Crippen LogP) is 5.70. The van der Waals surface area contributed by atoms with Crippen molar-refractivity contribution in [3.05, 3.63) is 95.8 Å². The lowest BCUT2D eigenvalue weighted by Crippen LogP contribution is -2.41. The molecule has 11 heteroatoms. The first-order valence-corrected chi connectivity index (χ1v) is 11.6. The van der Waals surface area contributed by atoms with Crippen LogP contribution in [-0.2, 0) is 10.4 Å². The van der Waals surface area contributed by atoms with Crippen LogP contribution in [0.2, 0.25) is 0 Å². The van der Waals surface area contributed by atoms with E-state index in [9.17, 15) is 31.9 Å². The highest BCUT2D eigenvalue weighted by Crippen LogP contribution is 2.57. The monoisotopic (exact) mass is 528 g/mol. The summed E-state index contributed by atoms with van der Waals surface area (Å²) < 4.78 is 71.6. The van der Waals surface area contributed by atoms with Crippen LogP contribution in [0.5, 0.6) is 0 Å². The van der Waals surface area contributed by atoms with E-state index >= 15 is 0 Å². The number of hydrazine groups is 1. The van der Waals surface area contributed by atoms with Crippen molar-refractivity contribution in [1.29, 1.82) is 0 Å². The second-order valence-corrected chi connectivity index (χ2v) is 8.88. The molecule has 6 nitrogen and oxygen atoms in total. The molecule has 1 aliphatic rings. The first-order valence-electron chi connectivity index (χ1n) is 11.6. The highest BCUT2D eigenvalue weighted by molar-refractivity contribution is 5.92. The number of aliphatic hydroxyl groups is 1. The van der Waals surface area contributed by atoms with E-state index in [-0.39, 0.29) is 27.8 Å². The van der Waals surface area contributed by atoms with Gasteiger partial charge in [0.05, 0.1) is 11.9 Å². The van der Waals surface area contributed by atoms with E-state index in [0.717, 1.165) is 6.07 Å². The second-order valence-electron chi connectivity index (χ2n) is 8.88. The molecular weight excluding hydrogens is 507 g/mol. The summed E-state index contributed by atoms with van der Waals surface area (Å²) in [5.74, 6) is -1.87. The summed E-state index contributed by atoms with van der Waals surface area (Å²) in [4.78, 5) is 12.8. The molecule has 5 rings (SSSR count). The Morgan fingerprint density at radius 2 is 1.74 bits per heavy atom. The molecule has 0 radical (unpaired) electrons. The van der Waals surface area contributed by atoms with Gasteiger partial charge in [0.25, 0.3) is 5.91 Å². The number of nitrogens with one attached hydrogen (secondary N) is 2. The molecule has 1 heterocycles. The number of anilines is 1. The first kappa shape index (κ1) is 25.4. The summed E-state index contributed by atoms with van der Waals surface area (Å²) in [6.45, 7) is 1.74. The number of nitrogens with zero attached hydrogens (tertiary/aromatic N) is 2. The Bertz CT molecular complexity index is 1520. The molecule has 0 bridgehead atoms. The van der Waals surface area contributed by atoms with Crippen LogP contribution in [0.1, 0.15) is 30.5 Å². The number of amides is 1. The molecule has 1 amide bonds. The van der Waals surface area contributed by atoms with Crippen molar-refractivity contribution < 1.29 is 31.9 Å². The number of aromatic nitrogens is 2. The third-order valence-electron chi connectivity index (χ3n) is 6.58. The van der Waals surface area contributed by atoms with Gasteiger partial charge >= 0.3 is 6.18 Å². The van der Waals surface area contributed by atoms with Gasteiger partial charge in [0.2, 0.25) is 5.60 Å². The van der Waals surface area contributed by atoms with Gasteiger partial charge in [-0.15, -0.1) is 0 Å². The van der Waals surface area contributed by atoms with Crippen molar-refractivity contribution in [2.75, 3.05) is 5.43 Å². The third-order valence-corrected chi connectivity index (χ3v) is 6.58. The van der Waals surface area contributed by atoms with Crippen LogP contribution in [-0.4, -0.2) is 27.0 Å². The van der Waals surface area contributed by atoms with Crippen molar-refractivity contribution in [3.63, 3.8) is 0 Å². The second kappa shape index (κ2) is 9.25. The van der Waals surface area contributed by atoms with Gasteiger partial charge in [0.15, 0.2) is 0 Å². The molecule has 0 saturated carbocycles. The van der Waals surface area contributed by atoms with Crippen molar-refractivity contribution in [1.82, 2.24) is 15.2 Å². The molecule has 3 N–H and O–H groups in total. The quantitative estimate of drug-likeness (QED) is 0.222. The molecular formula is C27H21F5N4O2. The molecule has 4 aromatic rings. The van der Waals surface area contributed by atoms with E-state index in [2.05, 4.69) is 16.0 Å². The lowest BCUT2D eigenvalue weighted by atomic mass is 9.89. The Morgan fingerprint density at radius 1 is 1.03 bits per heavy atom. The van der Waals surface area contributed by atoms with Gasteiger partial charge in [-0.25, -0.2) is 8.78 Å². The number of fused-ring (bicyclic) bond motifs is 3.